The number of benzene rings is 1. The summed E-state index contributed by atoms with van der Waals surface area (Å²) in [5.41, 5.74) is 9.69. The van der Waals surface area contributed by atoms with Crippen LogP contribution in [0.15, 0.2) is 36.5 Å². The summed E-state index contributed by atoms with van der Waals surface area (Å²) in [6.45, 7) is 7.67. The maximum absolute atomic E-state index is 13.4. The molecular formula is C39H46N12O6. The third-order valence-electron chi connectivity index (χ3n) is 12.3. The molecule has 18 heteroatoms. The van der Waals surface area contributed by atoms with Gasteiger partial charge in [0.05, 0.1) is 47.0 Å². The van der Waals surface area contributed by atoms with Crippen molar-refractivity contribution in [3.05, 3.63) is 59.0 Å². The quantitative estimate of drug-likeness (QED) is 0.263. The molecule has 18 nitrogen and oxygen atoms in total. The van der Waals surface area contributed by atoms with Crippen molar-refractivity contribution >= 4 is 58.4 Å². The summed E-state index contributed by atoms with van der Waals surface area (Å²) < 4.78 is 1.99. The average Bonchev–Trinajstić information content (AvgIpc) is 3.97. The molecule has 0 radical (unpaired) electrons. The zero-order valence-corrected chi connectivity index (χ0v) is 31.9. The lowest BCUT2D eigenvalue weighted by atomic mass is 10.0. The van der Waals surface area contributed by atoms with Crippen molar-refractivity contribution in [2.45, 2.75) is 57.3 Å². The predicted molar refractivity (Wildman–Crippen MR) is 207 cm³/mol. The number of anilines is 4. The fraction of sp³-hybridized carbons (Fsp3) is 0.487. The Morgan fingerprint density at radius 3 is 2.51 bits per heavy atom. The van der Waals surface area contributed by atoms with Crippen LogP contribution in [-0.4, -0.2) is 141 Å². The number of rotatable bonds is 9. The van der Waals surface area contributed by atoms with E-state index in [9.17, 15) is 28.8 Å². The molecule has 3 atom stereocenters. The molecule has 4 fully saturated rings. The number of pyridine rings is 1. The predicted octanol–water partition coefficient (Wildman–Crippen LogP) is 1.20. The third-order valence-corrected chi connectivity index (χ3v) is 12.3. The van der Waals surface area contributed by atoms with Gasteiger partial charge in [-0.05, 0) is 55.9 Å². The van der Waals surface area contributed by atoms with Crippen LogP contribution in [0.5, 0.6) is 0 Å². The van der Waals surface area contributed by atoms with Crippen LogP contribution in [0.4, 0.5) is 27.7 Å². The highest BCUT2D eigenvalue weighted by molar-refractivity contribution is 6.23. The zero-order chi connectivity index (χ0) is 39.5. The Kier molecular flexibility index (Phi) is 9.29. The van der Waals surface area contributed by atoms with Crippen LogP contribution in [0.25, 0.3) is 0 Å². The Balaban J connectivity index is 0.827. The van der Waals surface area contributed by atoms with Crippen molar-refractivity contribution < 1.29 is 28.8 Å². The van der Waals surface area contributed by atoms with Crippen LogP contribution in [0.3, 0.4) is 0 Å². The Bertz CT molecular complexity index is 2190. The first kappa shape index (κ1) is 36.6. The molecule has 298 valence electrons. The maximum atomic E-state index is 13.4. The maximum Gasteiger partial charge on any atom is 0.320 e. The Morgan fingerprint density at radius 2 is 1.72 bits per heavy atom. The molecule has 4 N–H and O–H groups in total. The highest BCUT2D eigenvalue weighted by Gasteiger charge is 2.45. The van der Waals surface area contributed by atoms with Crippen molar-refractivity contribution in [1.29, 1.82) is 0 Å². The van der Waals surface area contributed by atoms with Gasteiger partial charge in [0.1, 0.15) is 6.04 Å². The van der Waals surface area contributed by atoms with Gasteiger partial charge in [-0.2, -0.15) is 5.10 Å². The molecule has 2 aromatic heterocycles. The second-order valence-corrected chi connectivity index (χ2v) is 16.0. The topological polar surface area (TPSA) is 203 Å². The average molecular weight is 779 g/mol. The van der Waals surface area contributed by atoms with Crippen molar-refractivity contribution in [3.8, 4) is 0 Å². The highest BCUT2D eigenvalue weighted by Crippen LogP contribution is 2.34. The van der Waals surface area contributed by atoms with Gasteiger partial charge in [-0.15, -0.1) is 0 Å². The van der Waals surface area contributed by atoms with Gasteiger partial charge in [0, 0.05) is 84.1 Å². The van der Waals surface area contributed by atoms with Gasteiger partial charge in [0.2, 0.25) is 11.8 Å². The number of urea groups is 1. The first-order valence-corrected chi connectivity index (χ1v) is 19.7. The molecule has 0 saturated carbocycles. The van der Waals surface area contributed by atoms with Crippen LogP contribution in [-0.2, 0) is 22.7 Å². The Morgan fingerprint density at radius 1 is 0.895 bits per heavy atom. The summed E-state index contributed by atoms with van der Waals surface area (Å²) in [6, 6.07) is 8.36. The number of piperidine rings is 2. The molecule has 6 aliphatic rings. The first-order chi connectivity index (χ1) is 27.5. The number of nitrogens with two attached hydrogens (primary N) is 1. The molecule has 0 bridgehead atoms. The van der Waals surface area contributed by atoms with E-state index in [-0.39, 0.29) is 41.7 Å². The van der Waals surface area contributed by atoms with Crippen molar-refractivity contribution in [1.82, 2.24) is 39.7 Å². The summed E-state index contributed by atoms with van der Waals surface area (Å²) in [5.74, 6) is -1.69. The standard InChI is InChI=1S/C39H46N12O6/c1-45-11-13-49(39(45)57)25-3-2-9-47(22-25)26-16-30(34(35(40)53)41-18-26)42-32-17-27-21-46(12-14-50(27)44-32)19-23-8-10-48(20-23)24-4-5-28-29(15-24)38(56)51(37(28)55)31-6-7-33(52)43-36(31)54/h4-5,15-18,23,25,31H,2-3,6-14,19-22H2,1H3,(H2,40,53)(H,42,44)(H,43,52,54)/t23-,25-,31-/m1/s1. The SMILES string of the molecule is CN1CCN([C@@H]2CCCN(c3cnc(C(N)=O)c(Nc4cc5n(n4)CCN(C[C@H]4CCN(c6ccc7c(c6)C(=O)N([C@@H]6CCC(=O)NC6=O)C7=O)C4)C5)c3)C2)C1=O. The number of fused-ring (bicyclic) bond motifs is 2. The number of aromatic nitrogens is 3. The van der Waals surface area contributed by atoms with E-state index in [1.165, 1.54) is 0 Å². The van der Waals surface area contributed by atoms with E-state index >= 15 is 0 Å². The molecule has 1 aromatic carbocycles. The van der Waals surface area contributed by atoms with Crippen LogP contribution >= 0.6 is 0 Å². The van der Waals surface area contributed by atoms with E-state index in [4.69, 9.17) is 10.8 Å². The number of nitrogens with zero attached hydrogens (tertiary/aromatic N) is 9. The molecule has 0 spiro atoms. The number of nitrogens with one attached hydrogen (secondary N) is 2. The number of hydrogen-bond acceptors (Lipinski definition) is 12. The first-order valence-electron chi connectivity index (χ1n) is 19.7. The number of carbonyl (C=O) groups excluding carboxylic acids is 6. The molecule has 7 amide bonds. The monoisotopic (exact) mass is 778 g/mol. The van der Waals surface area contributed by atoms with Gasteiger partial charge in [-0.3, -0.25) is 43.8 Å². The van der Waals surface area contributed by atoms with Crippen LogP contribution in [0, 0.1) is 5.92 Å². The van der Waals surface area contributed by atoms with Gasteiger partial charge in [0.25, 0.3) is 17.7 Å². The fourth-order valence-corrected chi connectivity index (χ4v) is 9.28. The number of carbonyl (C=O) groups is 6. The fourth-order valence-electron chi connectivity index (χ4n) is 9.28. The molecule has 0 aliphatic carbocycles. The van der Waals surface area contributed by atoms with Crippen LogP contribution in [0.1, 0.15) is 69.0 Å². The lowest BCUT2D eigenvalue weighted by Gasteiger charge is -2.38. The minimum atomic E-state index is -0.992. The van der Waals surface area contributed by atoms with Gasteiger partial charge in [-0.25, -0.2) is 9.78 Å². The number of hydrogen-bond donors (Lipinski definition) is 3. The second-order valence-electron chi connectivity index (χ2n) is 16.0. The molecular weight excluding hydrogens is 733 g/mol. The summed E-state index contributed by atoms with van der Waals surface area (Å²) in [5, 5.41) is 10.4. The zero-order valence-electron chi connectivity index (χ0n) is 31.9. The lowest BCUT2D eigenvalue weighted by molar-refractivity contribution is -0.136. The van der Waals surface area contributed by atoms with E-state index < -0.39 is 35.6 Å². The summed E-state index contributed by atoms with van der Waals surface area (Å²) in [4.78, 5) is 91.9. The van der Waals surface area contributed by atoms with Crippen molar-refractivity contribution in [2.24, 2.45) is 11.7 Å². The highest BCUT2D eigenvalue weighted by atomic mass is 16.2. The van der Waals surface area contributed by atoms with E-state index in [1.807, 2.05) is 34.8 Å². The minimum absolute atomic E-state index is 0.0649. The lowest BCUT2D eigenvalue weighted by Crippen LogP contribution is -2.54. The van der Waals surface area contributed by atoms with Crippen molar-refractivity contribution in [2.75, 3.05) is 74.5 Å². The normalized spacial score (nSPS) is 24.1. The Labute approximate surface area is 328 Å². The summed E-state index contributed by atoms with van der Waals surface area (Å²) in [6.07, 6.45) is 4.72. The van der Waals surface area contributed by atoms with Crippen molar-refractivity contribution in [3.63, 3.8) is 0 Å². The van der Waals surface area contributed by atoms with E-state index in [0.29, 0.717) is 37.1 Å². The number of primary amides is 1. The molecule has 8 heterocycles. The summed E-state index contributed by atoms with van der Waals surface area (Å²) >= 11 is 0. The number of amides is 7. The molecule has 9 rings (SSSR count). The minimum Gasteiger partial charge on any atom is -0.371 e. The van der Waals surface area contributed by atoms with Gasteiger partial charge in [-0.1, -0.05) is 0 Å². The van der Waals surface area contributed by atoms with Gasteiger partial charge in [0.15, 0.2) is 11.5 Å². The Hall–Kier alpha value is -6.04. The van der Waals surface area contributed by atoms with Crippen LogP contribution < -0.4 is 26.2 Å². The molecule has 6 aliphatic heterocycles. The van der Waals surface area contributed by atoms with E-state index in [1.54, 1.807) is 23.2 Å². The molecule has 57 heavy (non-hydrogen) atoms. The van der Waals surface area contributed by atoms with E-state index in [2.05, 4.69) is 30.3 Å². The van der Waals surface area contributed by atoms with Crippen LogP contribution in [0.2, 0.25) is 0 Å². The third kappa shape index (κ3) is 6.80. The molecule has 0 unspecified atom stereocenters. The number of imide groups is 2. The summed E-state index contributed by atoms with van der Waals surface area (Å²) in [7, 11) is 1.83. The van der Waals surface area contributed by atoms with Gasteiger partial charge < -0.3 is 30.7 Å². The molecule has 3 aromatic rings. The number of likely N-dealkylation sites (N-methyl/N-ethyl adjacent to an activating group) is 1. The molecule has 4 saturated heterocycles. The second kappa shape index (κ2) is 14.5. The van der Waals surface area contributed by atoms with Gasteiger partial charge >= 0.3 is 6.03 Å². The largest absolute Gasteiger partial charge is 0.371 e. The smallest absolute Gasteiger partial charge is 0.320 e. The van der Waals surface area contributed by atoms with E-state index in [0.717, 1.165) is 87.0 Å².